The van der Waals surface area contributed by atoms with Crippen LogP contribution in [-0.2, 0) is 11.2 Å². The molecule has 110 valence electrons. The Kier molecular flexibility index (Phi) is 5.49. The van der Waals surface area contributed by atoms with Crippen LogP contribution >= 0.6 is 12.6 Å². The first-order valence-corrected chi connectivity index (χ1v) is 7.77. The number of likely N-dealkylation sites (N-methyl/N-ethyl adjacent to an activating group) is 2. The molecule has 0 aromatic heterocycles. The van der Waals surface area contributed by atoms with E-state index in [1.165, 1.54) is 12.8 Å². The van der Waals surface area contributed by atoms with Crippen LogP contribution in [0.4, 0.5) is 0 Å². The Morgan fingerprint density at radius 2 is 2.15 bits per heavy atom. The number of carbonyl (C=O) groups excluding carboxylic acids is 1. The number of benzene rings is 1. The number of hydrogen-bond donors (Lipinski definition) is 1. The largest absolute Gasteiger partial charge is 0.343 e. The van der Waals surface area contributed by atoms with E-state index in [4.69, 9.17) is 0 Å². The molecule has 20 heavy (non-hydrogen) atoms. The van der Waals surface area contributed by atoms with Gasteiger partial charge in [-0.25, -0.2) is 0 Å². The van der Waals surface area contributed by atoms with Crippen LogP contribution in [0.1, 0.15) is 18.4 Å². The van der Waals surface area contributed by atoms with Crippen molar-refractivity contribution in [3.8, 4) is 0 Å². The average molecular weight is 292 g/mol. The predicted molar refractivity (Wildman–Crippen MR) is 86.2 cm³/mol. The van der Waals surface area contributed by atoms with Crippen molar-refractivity contribution in [2.45, 2.75) is 30.6 Å². The summed E-state index contributed by atoms with van der Waals surface area (Å²) in [5.41, 5.74) is 1.16. The molecule has 1 aromatic rings. The first kappa shape index (κ1) is 15.4. The summed E-state index contributed by atoms with van der Waals surface area (Å²) in [5, 5.41) is -0.255. The minimum atomic E-state index is -0.255. The van der Waals surface area contributed by atoms with Crippen LogP contribution in [0.2, 0.25) is 0 Å². The molecular weight excluding hydrogens is 268 g/mol. The SMILES string of the molecule is CN(CC1CCCN1C)C(=O)C(S)Cc1ccccc1. The molecule has 3 nitrogen and oxygen atoms in total. The molecule has 4 heteroatoms. The molecule has 1 heterocycles. The summed E-state index contributed by atoms with van der Waals surface area (Å²) in [5.74, 6) is 0.123. The average Bonchev–Trinajstić information content (AvgIpc) is 2.84. The van der Waals surface area contributed by atoms with Gasteiger partial charge in [-0.05, 0) is 38.4 Å². The van der Waals surface area contributed by atoms with E-state index in [-0.39, 0.29) is 11.2 Å². The number of amides is 1. The van der Waals surface area contributed by atoms with Gasteiger partial charge in [0, 0.05) is 19.6 Å². The molecule has 1 amide bonds. The molecule has 2 unspecified atom stereocenters. The Labute approximate surface area is 127 Å². The number of likely N-dealkylation sites (tertiary alicyclic amines) is 1. The molecule has 0 bridgehead atoms. The summed E-state index contributed by atoms with van der Waals surface area (Å²) in [6, 6.07) is 10.6. The highest BCUT2D eigenvalue weighted by Gasteiger charge is 2.26. The smallest absolute Gasteiger partial charge is 0.235 e. The van der Waals surface area contributed by atoms with Crippen molar-refractivity contribution in [2.75, 3.05) is 27.2 Å². The van der Waals surface area contributed by atoms with E-state index in [0.29, 0.717) is 12.5 Å². The van der Waals surface area contributed by atoms with E-state index in [9.17, 15) is 4.79 Å². The first-order valence-electron chi connectivity index (χ1n) is 7.25. The minimum absolute atomic E-state index is 0.123. The zero-order chi connectivity index (χ0) is 14.5. The van der Waals surface area contributed by atoms with Crippen molar-refractivity contribution in [3.05, 3.63) is 35.9 Å². The highest BCUT2D eigenvalue weighted by Crippen LogP contribution is 2.17. The standard InChI is InChI=1S/C16H24N2OS/c1-17-10-6-9-14(17)12-18(2)16(19)15(20)11-13-7-4-3-5-8-13/h3-5,7-8,14-15,20H,6,9-12H2,1-2H3. The molecule has 0 radical (unpaired) electrons. The zero-order valence-electron chi connectivity index (χ0n) is 12.3. The van der Waals surface area contributed by atoms with Crippen molar-refractivity contribution in [3.63, 3.8) is 0 Å². The maximum Gasteiger partial charge on any atom is 0.235 e. The lowest BCUT2D eigenvalue weighted by Gasteiger charge is -2.27. The number of rotatable bonds is 5. The molecule has 2 rings (SSSR count). The van der Waals surface area contributed by atoms with Crippen LogP contribution in [-0.4, -0.2) is 54.2 Å². The van der Waals surface area contributed by atoms with Gasteiger partial charge in [-0.1, -0.05) is 30.3 Å². The second-order valence-corrected chi connectivity index (χ2v) is 6.32. The van der Waals surface area contributed by atoms with Crippen LogP contribution < -0.4 is 0 Å². The third-order valence-electron chi connectivity index (χ3n) is 4.09. The van der Waals surface area contributed by atoms with E-state index in [1.54, 1.807) is 0 Å². The van der Waals surface area contributed by atoms with E-state index in [2.05, 4.69) is 24.6 Å². The van der Waals surface area contributed by atoms with Crippen molar-refractivity contribution in [2.24, 2.45) is 0 Å². The summed E-state index contributed by atoms with van der Waals surface area (Å²) in [6.07, 6.45) is 3.11. The van der Waals surface area contributed by atoms with Crippen LogP contribution in [0.25, 0.3) is 0 Å². The van der Waals surface area contributed by atoms with Crippen molar-refractivity contribution in [1.82, 2.24) is 9.80 Å². The van der Waals surface area contributed by atoms with Gasteiger partial charge in [0.15, 0.2) is 0 Å². The van der Waals surface area contributed by atoms with Gasteiger partial charge >= 0.3 is 0 Å². The van der Waals surface area contributed by atoms with Gasteiger partial charge in [0.2, 0.25) is 5.91 Å². The fourth-order valence-electron chi connectivity index (χ4n) is 2.80. The second-order valence-electron chi connectivity index (χ2n) is 5.70. The molecule has 0 aliphatic carbocycles. The van der Waals surface area contributed by atoms with E-state index < -0.39 is 0 Å². The Hall–Kier alpha value is -1.00. The van der Waals surface area contributed by atoms with Crippen LogP contribution in [0.15, 0.2) is 30.3 Å². The number of nitrogens with zero attached hydrogens (tertiary/aromatic N) is 2. The highest BCUT2D eigenvalue weighted by atomic mass is 32.1. The summed E-state index contributed by atoms with van der Waals surface area (Å²) < 4.78 is 0. The van der Waals surface area contributed by atoms with Gasteiger partial charge in [0.25, 0.3) is 0 Å². The van der Waals surface area contributed by atoms with Gasteiger partial charge in [0.05, 0.1) is 5.25 Å². The molecule has 0 N–H and O–H groups in total. The van der Waals surface area contributed by atoms with Gasteiger partial charge in [0.1, 0.15) is 0 Å². The minimum Gasteiger partial charge on any atom is -0.343 e. The van der Waals surface area contributed by atoms with Gasteiger partial charge in [-0.15, -0.1) is 0 Å². The van der Waals surface area contributed by atoms with Crippen molar-refractivity contribution < 1.29 is 4.79 Å². The molecule has 2 atom stereocenters. The quantitative estimate of drug-likeness (QED) is 0.840. The number of carbonyl (C=O) groups is 1. The van der Waals surface area contributed by atoms with Crippen molar-refractivity contribution in [1.29, 1.82) is 0 Å². The second kappa shape index (κ2) is 7.14. The van der Waals surface area contributed by atoms with Crippen LogP contribution in [0.5, 0.6) is 0 Å². The topological polar surface area (TPSA) is 23.6 Å². The molecule has 1 aliphatic heterocycles. The first-order chi connectivity index (χ1) is 9.58. The lowest BCUT2D eigenvalue weighted by molar-refractivity contribution is -0.129. The summed E-state index contributed by atoms with van der Waals surface area (Å²) >= 11 is 4.49. The number of hydrogen-bond acceptors (Lipinski definition) is 3. The summed E-state index contributed by atoms with van der Waals surface area (Å²) in [4.78, 5) is 16.6. The Balaban J connectivity index is 1.86. The highest BCUT2D eigenvalue weighted by molar-refractivity contribution is 7.81. The lowest BCUT2D eigenvalue weighted by Crippen LogP contribution is -2.42. The summed E-state index contributed by atoms with van der Waals surface area (Å²) in [6.45, 7) is 1.95. The molecule has 1 aromatic carbocycles. The fourth-order valence-corrected chi connectivity index (χ4v) is 3.20. The van der Waals surface area contributed by atoms with Gasteiger partial charge < -0.3 is 9.80 Å². The Bertz CT molecular complexity index is 437. The monoisotopic (exact) mass is 292 g/mol. The van der Waals surface area contributed by atoms with E-state index >= 15 is 0 Å². The molecule has 0 saturated carbocycles. The van der Waals surface area contributed by atoms with E-state index in [1.807, 2.05) is 42.3 Å². The maximum absolute atomic E-state index is 12.4. The molecule has 1 aliphatic rings. The molecule has 0 spiro atoms. The third kappa shape index (κ3) is 4.00. The third-order valence-corrected chi connectivity index (χ3v) is 4.49. The van der Waals surface area contributed by atoms with Crippen LogP contribution in [0, 0.1) is 0 Å². The predicted octanol–water partition coefficient (Wildman–Crippen LogP) is 2.08. The van der Waals surface area contributed by atoms with E-state index in [0.717, 1.165) is 18.7 Å². The maximum atomic E-state index is 12.4. The Morgan fingerprint density at radius 3 is 2.75 bits per heavy atom. The van der Waals surface area contributed by atoms with Crippen LogP contribution in [0.3, 0.4) is 0 Å². The fraction of sp³-hybridized carbons (Fsp3) is 0.562. The zero-order valence-corrected chi connectivity index (χ0v) is 13.2. The molecule has 1 saturated heterocycles. The van der Waals surface area contributed by atoms with Gasteiger partial charge in [-0.3, -0.25) is 4.79 Å². The normalized spacial score (nSPS) is 20.9. The lowest BCUT2D eigenvalue weighted by atomic mass is 10.1. The number of thiol groups is 1. The van der Waals surface area contributed by atoms with Gasteiger partial charge in [-0.2, -0.15) is 12.6 Å². The molecular formula is C16H24N2OS. The summed E-state index contributed by atoms with van der Waals surface area (Å²) in [7, 11) is 4.03. The van der Waals surface area contributed by atoms with Crippen molar-refractivity contribution >= 4 is 18.5 Å². The molecule has 1 fully saturated rings. The Morgan fingerprint density at radius 1 is 1.45 bits per heavy atom.